The predicted molar refractivity (Wildman–Crippen MR) is 120 cm³/mol. The number of aryl methyl sites for hydroxylation is 1. The second-order valence-corrected chi connectivity index (χ2v) is 7.61. The van der Waals surface area contributed by atoms with Crippen LogP contribution in [0.1, 0.15) is 27.9 Å². The van der Waals surface area contributed by atoms with Crippen LogP contribution in [0.3, 0.4) is 0 Å². The topological polar surface area (TPSA) is 80.6 Å². The first-order chi connectivity index (χ1) is 15.0. The van der Waals surface area contributed by atoms with E-state index in [0.29, 0.717) is 37.5 Å². The Hall–Kier alpha value is -2.90. The monoisotopic (exact) mass is 426 g/mol. The first-order valence-electron chi connectivity index (χ1n) is 10.3. The van der Waals surface area contributed by atoms with Crippen LogP contribution in [-0.4, -0.2) is 68.3 Å². The standard InChI is InChI=1S/C24H30N2O5/c1-16-6-5-7-21(17(16)2)22-9-8-18(12-23(22)31-11-10-29-3)24(28)26-14-19(25-30-4)13-20(26)15-27/h5-9,12,20,27H,10-11,13-15H2,1-4H3/b25-19-. The molecule has 1 heterocycles. The van der Waals surface area contributed by atoms with Gasteiger partial charge < -0.3 is 24.3 Å². The highest BCUT2D eigenvalue weighted by Crippen LogP contribution is 2.35. The number of carbonyl (C=O) groups is 1. The van der Waals surface area contributed by atoms with Crippen LogP contribution in [0.25, 0.3) is 11.1 Å². The molecule has 0 spiro atoms. The number of benzene rings is 2. The van der Waals surface area contributed by atoms with Gasteiger partial charge in [0.2, 0.25) is 0 Å². The fraction of sp³-hybridized carbons (Fsp3) is 0.417. The van der Waals surface area contributed by atoms with Gasteiger partial charge in [0.25, 0.3) is 5.91 Å². The van der Waals surface area contributed by atoms with Crippen LogP contribution in [0.5, 0.6) is 5.75 Å². The van der Waals surface area contributed by atoms with Gasteiger partial charge in [-0.1, -0.05) is 23.4 Å². The van der Waals surface area contributed by atoms with Gasteiger partial charge in [0, 0.05) is 24.7 Å². The Morgan fingerprint density at radius 1 is 1.16 bits per heavy atom. The van der Waals surface area contributed by atoms with E-state index in [1.807, 2.05) is 18.2 Å². The van der Waals surface area contributed by atoms with Crippen molar-refractivity contribution >= 4 is 11.6 Å². The molecular weight excluding hydrogens is 396 g/mol. The number of rotatable bonds is 8. The van der Waals surface area contributed by atoms with E-state index in [0.717, 1.165) is 16.8 Å². The number of ether oxygens (including phenoxy) is 2. The fourth-order valence-corrected chi connectivity index (χ4v) is 3.81. The molecular formula is C24H30N2O5. The first kappa shape index (κ1) is 22.8. The van der Waals surface area contributed by atoms with Crippen LogP contribution in [0.15, 0.2) is 41.6 Å². The van der Waals surface area contributed by atoms with Crippen LogP contribution >= 0.6 is 0 Å². The Bertz CT molecular complexity index is 957. The van der Waals surface area contributed by atoms with Crippen molar-refractivity contribution in [2.75, 3.05) is 40.6 Å². The molecule has 1 saturated heterocycles. The van der Waals surface area contributed by atoms with Crippen molar-refractivity contribution in [3.05, 3.63) is 53.1 Å². The highest BCUT2D eigenvalue weighted by Gasteiger charge is 2.33. The molecule has 0 aliphatic carbocycles. The Labute approximate surface area is 183 Å². The van der Waals surface area contributed by atoms with Gasteiger partial charge in [0.15, 0.2) is 0 Å². The summed E-state index contributed by atoms with van der Waals surface area (Å²) >= 11 is 0. The molecule has 31 heavy (non-hydrogen) atoms. The summed E-state index contributed by atoms with van der Waals surface area (Å²) < 4.78 is 11.1. The number of methoxy groups -OCH3 is 1. The summed E-state index contributed by atoms with van der Waals surface area (Å²) in [5.74, 6) is 0.451. The Kier molecular flexibility index (Phi) is 7.65. The van der Waals surface area contributed by atoms with Gasteiger partial charge in [0.05, 0.1) is 31.5 Å². The number of hydrogen-bond acceptors (Lipinski definition) is 6. The van der Waals surface area contributed by atoms with Crippen molar-refractivity contribution in [1.29, 1.82) is 0 Å². The number of carbonyl (C=O) groups excluding carboxylic acids is 1. The normalized spacial score (nSPS) is 17.3. The second kappa shape index (κ2) is 10.4. The van der Waals surface area contributed by atoms with Gasteiger partial charge in [0.1, 0.15) is 19.5 Å². The molecule has 1 aliphatic heterocycles. The summed E-state index contributed by atoms with van der Waals surface area (Å²) in [7, 11) is 3.09. The van der Waals surface area contributed by atoms with Crippen LogP contribution < -0.4 is 4.74 Å². The molecule has 7 nitrogen and oxygen atoms in total. The Morgan fingerprint density at radius 3 is 2.68 bits per heavy atom. The average molecular weight is 427 g/mol. The Morgan fingerprint density at radius 2 is 1.97 bits per heavy atom. The van der Waals surface area contributed by atoms with E-state index in [9.17, 15) is 9.90 Å². The molecule has 1 unspecified atom stereocenters. The highest BCUT2D eigenvalue weighted by molar-refractivity contribution is 6.01. The van der Waals surface area contributed by atoms with Crippen molar-refractivity contribution in [2.24, 2.45) is 5.16 Å². The molecule has 0 aromatic heterocycles. The van der Waals surface area contributed by atoms with Crippen LogP contribution in [0.4, 0.5) is 0 Å². The number of hydrogen-bond donors (Lipinski definition) is 1. The van der Waals surface area contributed by atoms with E-state index in [2.05, 4.69) is 31.1 Å². The van der Waals surface area contributed by atoms with Crippen molar-refractivity contribution < 1.29 is 24.2 Å². The zero-order valence-electron chi connectivity index (χ0n) is 18.6. The fourth-order valence-electron chi connectivity index (χ4n) is 3.81. The maximum absolute atomic E-state index is 13.3. The molecule has 7 heteroatoms. The third-order valence-electron chi connectivity index (χ3n) is 5.63. The number of oxime groups is 1. The lowest BCUT2D eigenvalue weighted by atomic mass is 9.95. The summed E-state index contributed by atoms with van der Waals surface area (Å²) in [5.41, 5.74) is 5.58. The maximum Gasteiger partial charge on any atom is 0.254 e. The molecule has 0 radical (unpaired) electrons. The lowest BCUT2D eigenvalue weighted by Gasteiger charge is -2.23. The molecule has 2 aromatic rings. The van der Waals surface area contributed by atoms with Gasteiger partial charge in [-0.3, -0.25) is 4.79 Å². The molecule has 1 atom stereocenters. The lowest BCUT2D eigenvalue weighted by Crippen LogP contribution is -2.37. The van der Waals surface area contributed by atoms with Crippen LogP contribution in [-0.2, 0) is 9.57 Å². The number of aliphatic hydroxyl groups is 1. The molecule has 2 aromatic carbocycles. The summed E-state index contributed by atoms with van der Waals surface area (Å²) in [6, 6.07) is 11.3. The van der Waals surface area contributed by atoms with E-state index in [-0.39, 0.29) is 18.6 Å². The molecule has 1 N–H and O–H groups in total. The van der Waals surface area contributed by atoms with Gasteiger partial charge in [-0.05, 0) is 48.7 Å². The maximum atomic E-state index is 13.3. The zero-order valence-corrected chi connectivity index (χ0v) is 18.6. The van der Waals surface area contributed by atoms with Crippen LogP contribution in [0, 0.1) is 13.8 Å². The molecule has 1 fully saturated rings. The minimum Gasteiger partial charge on any atom is -0.491 e. The average Bonchev–Trinajstić information content (AvgIpc) is 3.19. The van der Waals surface area contributed by atoms with E-state index in [1.165, 1.54) is 18.2 Å². The minimum atomic E-state index is -0.321. The molecule has 1 aliphatic rings. The SMILES string of the molecule is COCCOc1cc(C(=O)N2C/C(=N\OC)CC2CO)ccc1-c1cccc(C)c1C. The number of aliphatic hydroxyl groups excluding tert-OH is 1. The largest absolute Gasteiger partial charge is 0.491 e. The summed E-state index contributed by atoms with van der Waals surface area (Å²) in [6.45, 7) is 5.17. The van der Waals surface area contributed by atoms with Gasteiger partial charge in [-0.2, -0.15) is 0 Å². The zero-order chi connectivity index (χ0) is 22.4. The number of amides is 1. The molecule has 0 bridgehead atoms. The predicted octanol–water partition coefficient (Wildman–Crippen LogP) is 3.20. The van der Waals surface area contributed by atoms with Gasteiger partial charge in [-0.25, -0.2) is 0 Å². The van der Waals surface area contributed by atoms with Gasteiger partial charge >= 0.3 is 0 Å². The Balaban J connectivity index is 1.96. The van der Waals surface area contributed by atoms with Crippen LogP contribution in [0.2, 0.25) is 0 Å². The van der Waals surface area contributed by atoms with E-state index in [4.69, 9.17) is 14.3 Å². The number of nitrogens with zero attached hydrogens (tertiary/aromatic N) is 2. The van der Waals surface area contributed by atoms with Crippen molar-refractivity contribution in [3.63, 3.8) is 0 Å². The number of likely N-dealkylation sites (tertiary alicyclic amines) is 1. The third kappa shape index (κ3) is 5.06. The lowest BCUT2D eigenvalue weighted by molar-refractivity contribution is 0.0679. The molecule has 1 amide bonds. The third-order valence-corrected chi connectivity index (χ3v) is 5.63. The summed E-state index contributed by atoms with van der Waals surface area (Å²) in [6.07, 6.45) is 0.494. The van der Waals surface area contributed by atoms with E-state index < -0.39 is 0 Å². The van der Waals surface area contributed by atoms with Crippen molar-refractivity contribution in [1.82, 2.24) is 4.90 Å². The second-order valence-electron chi connectivity index (χ2n) is 7.61. The minimum absolute atomic E-state index is 0.133. The van der Waals surface area contributed by atoms with E-state index in [1.54, 1.807) is 18.1 Å². The molecule has 166 valence electrons. The first-order valence-corrected chi connectivity index (χ1v) is 10.3. The molecule has 0 saturated carbocycles. The van der Waals surface area contributed by atoms with Gasteiger partial charge in [-0.15, -0.1) is 0 Å². The summed E-state index contributed by atoms with van der Waals surface area (Å²) in [4.78, 5) is 19.7. The van der Waals surface area contributed by atoms with Crippen molar-refractivity contribution in [2.45, 2.75) is 26.3 Å². The van der Waals surface area contributed by atoms with E-state index >= 15 is 0 Å². The summed E-state index contributed by atoms with van der Waals surface area (Å²) in [5, 5.41) is 13.7. The highest BCUT2D eigenvalue weighted by atomic mass is 16.6. The van der Waals surface area contributed by atoms with Crippen molar-refractivity contribution in [3.8, 4) is 16.9 Å². The molecule has 3 rings (SSSR count). The quantitative estimate of drug-likeness (QED) is 0.518. The smallest absolute Gasteiger partial charge is 0.254 e.